The highest BCUT2D eigenvalue weighted by molar-refractivity contribution is 6.15. The molecule has 10 heteroatoms. The van der Waals surface area contributed by atoms with Crippen LogP contribution in [0.4, 0.5) is 23.1 Å². The fraction of sp³-hybridized carbons (Fsp3) is 0.613. The molecule has 1 aromatic carbocycles. The van der Waals surface area contributed by atoms with Gasteiger partial charge < -0.3 is 20.4 Å². The Morgan fingerprint density at radius 1 is 0.976 bits per heavy atom. The number of aromatic nitrogens is 2. The van der Waals surface area contributed by atoms with Crippen molar-refractivity contribution < 1.29 is 9.59 Å². The summed E-state index contributed by atoms with van der Waals surface area (Å²) in [6.45, 7) is 7.46. The summed E-state index contributed by atoms with van der Waals surface area (Å²) in [5.74, 6) is 1.67. The van der Waals surface area contributed by atoms with Gasteiger partial charge in [0.15, 0.2) is 0 Å². The van der Waals surface area contributed by atoms with Gasteiger partial charge in [-0.25, -0.2) is 4.98 Å². The summed E-state index contributed by atoms with van der Waals surface area (Å²) in [5.41, 5.74) is 1.89. The molecule has 5 heterocycles. The van der Waals surface area contributed by atoms with E-state index in [2.05, 4.69) is 61.6 Å². The quantitative estimate of drug-likeness (QED) is 0.542. The van der Waals surface area contributed by atoms with Crippen molar-refractivity contribution >= 4 is 35.0 Å². The van der Waals surface area contributed by atoms with Gasteiger partial charge in [0.25, 0.3) is 0 Å². The number of piperidine rings is 1. The fourth-order valence-electron chi connectivity index (χ4n) is 8.24. The van der Waals surface area contributed by atoms with E-state index in [0.717, 1.165) is 43.6 Å². The Bertz CT molecular complexity index is 1350. The van der Waals surface area contributed by atoms with E-state index in [0.29, 0.717) is 43.1 Å². The second-order valence-corrected chi connectivity index (χ2v) is 13.4. The maximum atomic E-state index is 13.9. The van der Waals surface area contributed by atoms with Crippen LogP contribution in [0.1, 0.15) is 44.1 Å². The number of fused-ring (bicyclic) bond motifs is 1. The molecule has 0 unspecified atom stereocenters. The molecule has 7 aliphatic rings. The van der Waals surface area contributed by atoms with Crippen molar-refractivity contribution in [3.63, 3.8) is 0 Å². The van der Waals surface area contributed by atoms with E-state index in [1.54, 1.807) is 0 Å². The summed E-state index contributed by atoms with van der Waals surface area (Å²) < 4.78 is 0. The molecule has 1 spiro atoms. The van der Waals surface area contributed by atoms with Crippen LogP contribution in [-0.4, -0.2) is 96.0 Å². The van der Waals surface area contributed by atoms with Gasteiger partial charge in [0.05, 0.1) is 5.54 Å². The maximum Gasteiger partial charge on any atom is 0.244 e. The van der Waals surface area contributed by atoms with Crippen molar-refractivity contribution in [2.24, 2.45) is 11.3 Å². The number of anilines is 4. The van der Waals surface area contributed by atoms with E-state index in [9.17, 15) is 9.59 Å². The van der Waals surface area contributed by atoms with Gasteiger partial charge in [0.1, 0.15) is 11.2 Å². The number of carbonyl (C=O) groups excluding carboxylic acids is 2. The van der Waals surface area contributed by atoms with Crippen LogP contribution >= 0.6 is 0 Å². The summed E-state index contributed by atoms with van der Waals surface area (Å²) in [6, 6.07) is 9.24. The average molecular weight is 557 g/mol. The number of amides is 2. The predicted molar refractivity (Wildman–Crippen MR) is 157 cm³/mol. The monoisotopic (exact) mass is 556 g/mol. The zero-order chi connectivity index (χ0) is 27.8. The number of hydrogen-bond acceptors (Lipinski definition) is 8. The van der Waals surface area contributed by atoms with E-state index in [-0.39, 0.29) is 17.4 Å². The second kappa shape index (κ2) is 9.39. The first kappa shape index (κ1) is 25.5. The van der Waals surface area contributed by atoms with Crippen LogP contribution < -0.4 is 20.4 Å². The molecule has 1 atom stereocenters. The first-order valence-electron chi connectivity index (χ1n) is 15.5. The van der Waals surface area contributed by atoms with Crippen molar-refractivity contribution in [1.82, 2.24) is 25.1 Å². The van der Waals surface area contributed by atoms with Crippen molar-refractivity contribution in [2.75, 3.05) is 68.0 Å². The van der Waals surface area contributed by atoms with Gasteiger partial charge in [-0.2, -0.15) is 4.98 Å². The minimum Gasteiger partial charge on any atom is -0.371 e. The number of piperazine rings is 1. The minimum absolute atomic E-state index is 0.0662. The molecule has 10 nitrogen and oxygen atoms in total. The molecule has 1 aromatic heterocycles. The van der Waals surface area contributed by atoms with Crippen molar-refractivity contribution in [2.45, 2.75) is 56.5 Å². The number of rotatable bonds is 5. The van der Waals surface area contributed by atoms with Crippen LogP contribution in [0.5, 0.6) is 0 Å². The number of carbonyl (C=O) groups is 2. The third-order valence-electron chi connectivity index (χ3n) is 10.9. The third kappa shape index (κ3) is 4.05. The van der Waals surface area contributed by atoms with Crippen molar-refractivity contribution in [1.29, 1.82) is 0 Å². The highest BCUT2D eigenvalue weighted by atomic mass is 16.2. The normalized spacial score (nSPS) is 32.0. The molecule has 2 amide bonds. The molecule has 0 radical (unpaired) electrons. The van der Waals surface area contributed by atoms with E-state index >= 15 is 0 Å². The van der Waals surface area contributed by atoms with Crippen LogP contribution in [0.25, 0.3) is 0 Å². The summed E-state index contributed by atoms with van der Waals surface area (Å²) in [7, 11) is 2.22. The lowest BCUT2D eigenvalue weighted by atomic mass is 9.48. The molecule has 4 aliphatic heterocycles. The zero-order valence-corrected chi connectivity index (χ0v) is 23.9. The highest BCUT2D eigenvalue weighted by Crippen LogP contribution is 2.63. The average Bonchev–Trinajstić information content (AvgIpc) is 3.31. The molecule has 2 N–H and O–H groups in total. The molecular formula is C31H40N8O2. The highest BCUT2D eigenvalue weighted by Gasteiger charge is 2.67. The number of nitrogens with one attached hydrogen (secondary N) is 2. The summed E-state index contributed by atoms with van der Waals surface area (Å²) in [6.07, 6.45) is 8.20. The summed E-state index contributed by atoms with van der Waals surface area (Å²) >= 11 is 0. The molecule has 3 saturated carbocycles. The van der Waals surface area contributed by atoms with E-state index < -0.39 is 5.41 Å². The molecule has 2 aromatic rings. The van der Waals surface area contributed by atoms with Crippen LogP contribution in [0.2, 0.25) is 0 Å². The smallest absolute Gasteiger partial charge is 0.244 e. The van der Waals surface area contributed by atoms with E-state index in [4.69, 9.17) is 4.98 Å². The largest absolute Gasteiger partial charge is 0.371 e. The zero-order valence-electron chi connectivity index (χ0n) is 23.9. The van der Waals surface area contributed by atoms with Crippen LogP contribution in [0.3, 0.4) is 0 Å². The molecule has 2 bridgehead atoms. The molecule has 6 fully saturated rings. The Morgan fingerprint density at radius 2 is 1.71 bits per heavy atom. The number of benzene rings is 1. The predicted octanol–water partition coefficient (Wildman–Crippen LogP) is 2.38. The number of nitrogens with zero attached hydrogens (tertiary/aromatic N) is 6. The summed E-state index contributed by atoms with van der Waals surface area (Å²) in [4.78, 5) is 45.9. The van der Waals surface area contributed by atoms with Crippen molar-refractivity contribution in [3.8, 4) is 0 Å². The molecule has 9 rings (SSSR count). The van der Waals surface area contributed by atoms with Crippen LogP contribution in [0, 0.1) is 11.3 Å². The van der Waals surface area contributed by atoms with Crippen LogP contribution in [-0.2, 0) is 16.0 Å². The Kier molecular flexibility index (Phi) is 5.83. The SMILES string of the molecule is CN1CCN(C2CCN(c3ccc(Nc4ncc5c(n4)N(C46CC(C4)C6)C(=O)[C@]4(CCNC4=O)C5)cc3)CC2)CC1. The lowest BCUT2D eigenvalue weighted by Crippen LogP contribution is -2.73. The lowest BCUT2D eigenvalue weighted by molar-refractivity contribution is -0.144. The Labute approximate surface area is 241 Å². The number of likely N-dealkylation sites (N-methyl/N-ethyl adjacent to an activating group) is 1. The molecule has 3 saturated heterocycles. The molecular weight excluding hydrogens is 516 g/mol. The third-order valence-corrected chi connectivity index (χ3v) is 10.9. The summed E-state index contributed by atoms with van der Waals surface area (Å²) in [5, 5.41) is 6.28. The minimum atomic E-state index is -1.00. The fourth-order valence-corrected chi connectivity index (χ4v) is 8.24. The Balaban J connectivity index is 0.966. The first-order valence-corrected chi connectivity index (χ1v) is 15.5. The molecule has 3 aliphatic carbocycles. The van der Waals surface area contributed by atoms with Gasteiger partial charge in [-0.15, -0.1) is 0 Å². The number of hydrogen-bond donors (Lipinski definition) is 2. The van der Waals surface area contributed by atoms with Crippen LogP contribution in [0.15, 0.2) is 30.5 Å². The molecule has 41 heavy (non-hydrogen) atoms. The van der Waals surface area contributed by atoms with Gasteiger partial charge in [-0.3, -0.25) is 19.4 Å². The van der Waals surface area contributed by atoms with Gasteiger partial charge in [-0.05, 0) is 75.8 Å². The Morgan fingerprint density at radius 3 is 2.34 bits per heavy atom. The molecule has 216 valence electrons. The standard InChI is InChI=1S/C31H40N8O2/c1-36-12-14-38(15-13-36)25-6-10-37(11-7-25)24-4-2-23(3-5-24)34-29-33-20-22-19-31(8-9-32-27(31)40)28(41)39(26(22)35-29)30-16-21(17-30)18-30/h2-5,20-21,25H,6-19H2,1H3,(H,32,40)(H,33,34,35)/t21?,30?,31-/m1/s1. The topological polar surface area (TPSA) is 96.9 Å². The second-order valence-electron chi connectivity index (χ2n) is 13.4. The van der Waals surface area contributed by atoms with E-state index in [1.165, 1.54) is 44.7 Å². The first-order chi connectivity index (χ1) is 19.9. The lowest BCUT2D eigenvalue weighted by Gasteiger charge is -2.67. The van der Waals surface area contributed by atoms with E-state index in [1.807, 2.05) is 11.1 Å². The van der Waals surface area contributed by atoms with Gasteiger partial charge in [-0.1, -0.05) is 0 Å². The van der Waals surface area contributed by atoms with Gasteiger partial charge >= 0.3 is 0 Å². The van der Waals surface area contributed by atoms with Crippen molar-refractivity contribution in [3.05, 3.63) is 36.0 Å². The Hall–Kier alpha value is -3.24. The maximum absolute atomic E-state index is 13.9. The van der Waals surface area contributed by atoms with Gasteiger partial charge in [0, 0.05) is 81.4 Å². The van der Waals surface area contributed by atoms with Gasteiger partial charge in [0.2, 0.25) is 17.8 Å².